The van der Waals surface area contributed by atoms with Gasteiger partial charge in [-0.3, -0.25) is 0 Å². The maximum absolute atomic E-state index is 2.42. The van der Waals surface area contributed by atoms with E-state index in [4.69, 9.17) is 0 Å². The van der Waals surface area contributed by atoms with Crippen molar-refractivity contribution in [1.29, 1.82) is 0 Å². The average molecular weight is 484 g/mol. The molecule has 1 rings (SSSR count). The first-order chi connectivity index (χ1) is 5.16. The van der Waals surface area contributed by atoms with Crippen molar-refractivity contribution in [3.05, 3.63) is 28.4 Å². The van der Waals surface area contributed by atoms with Gasteiger partial charge in [0, 0.05) is 10.7 Å². The third-order valence-electron chi connectivity index (χ3n) is 1.50. The molecule has 0 aromatic heterocycles. The molecule has 1 aromatic rings. The number of halogens is 3. The van der Waals surface area contributed by atoms with Gasteiger partial charge in [-0.05, 0) is 85.8 Å². The van der Waals surface area contributed by atoms with Crippen molar-refractivity contribution in [3.8, 4) is 0 Å². The van der Waals surface area contributed by atoms with E-state index in [1.54, 1.807) is 0 Å². The van der Waals surface area contributed by atoms with Crippen LogP contribution in [0.2, 0.25) is 0 Å². The van der Waals surface area contributed by atoms with Crippen molar-refractivity contribution >= 4 is 67.8 Å². The lowest BCUT2D eigenvalue weighted by atomic mass is 10.2. The largest absolute Gasteiger partial charge is 0.0613 e. The number of benzene rings is 1. The van der Waals surface area contributed by atoms with E-state index in [1.165, 1.54) is 16.3 Å². The monoisotopic (exact) mass is 484 g/mol. The van der Waals surface area contributed by atoms with E-state index in [-0.39, 0.29) is 0 Å². The molecule has 0 saturated carbocycles. The van der Waals surface area contributed by atoms with Crippen molar-refractivity contribution < 1.29 is 0 Å². The van der Waals surface area contributed by atoms with Gasteiger partial charge in [-0.25, -0.2) is 0 Å². The first-order valence-electron chi connectivity index (χ1n) is 3.29. The zero-order valence-electron chi connectivity index (χ0n) is 6.00. The van der Waals surface area contributed by atoms with Gasteiger partial charge in [0.2, 0.25) is 0 Å². The van der Waals surface area contributed by atoms with Crippen LogP contribution in [0.5, 0.6) is 0 Å². The van der Waals surface area contributed by atoms with Gasteiger partial charge in [-0.15, -0.1) is 0 Å². The van der Waals surface area contributed by atoms with Crippen LogP contribution in [-0.4, -0.2) is 0 Å². The fourth-order valence-electron chi connectivity index (χ4n) is 0.839. The third-order valence-corrected chi connectivity index (χ3v) is 6.81. The Hall–Kier alpha value is 1.41. The fourth-order valence-corrected chi connectivity index (χ4v) is 3.18. The summed E-state index contributed by atoms with van der Waals surface area (Å²) in [5.74, 6) is 0. The summed E-state index contributed by atoms with van der Waals surface area (Å²) in [5.41, 5.74) is 1.45. The zero-order chi connectivity index (χ0) is 8.43. The molecule has 0 fully saturated rings. The lowest BCUT2D eigenvalue weighted by Gasteiger charge is -2.04. The number of hydrogen-bond donors (Lipinski definition) is 0. The minimum absolute atomic E-state index is 1.13. The Labute approximate surface area is 108 Å². The van der Waals surface area contributed by atoms with Gasteiger partial charge < -0.3 is 0 Å². The van der Waals surface area contributed by atoms with Gasteiger partial charge in [0.1, 0.15) is 0 Å². The SMILES string of the molecule is CCc1ccc(I)c(I)c1I. The molecule has 0 aliphatic rings. The van der Waals surface area contributed by atoms with Gasteiger partial charge in [0.15, 0.2) is 0 Å². The molecule has 0 amide bonds. The highest BCUT2D eigenvalue weighted by atomic mass is 127. The Morgan fingerprint density at radius 1 is 1.09 bits per heavy atom. The number of hydrogen-bond acceptors (Lipinski definition) is 0. The molecule has 11 heavy (non-hydrogen) atoms. The van der Waals surface area contributed by atoms with Crippen LogP contribution >= 0.6 is 67.8 Å². The quantitative estimate of drug-likeness (QED) is 0.417. The molecule has 0 saturated heterocycles. The highest BCUT2D eigenvalue weighted by molar-refractivity contribution is 14.1. The lowest BCUT2D eigenvalue weighted by molar-refractivity contribution is 1.12. The van der Waals surface area contributed by atoms with Gasteiger partial charge in [0.05, 0.1) is 0 Å². The lowest BCUT2D eigenvalue weighted by Crippen LogP contribution is -1.91. The molecule has 0 aliphatic carbocycles. The zero-order valence-corrected chi connectivity index (χ0v) is 12.5. The van der Waals surface area contributed by atoms with Crippen LogP contribution in [0, 0.1) is 10.7 Å². The molecular formula is C8H7I3. The van der Waals surface area contributed by atoms with Crippen LogP contribution in [0.15, 0.2) is 12.1 Å². The van der Waals surface area contributed by atoms with Gasteiger partial charge in [-0.1, -0.05) is 13.0 Å². The van der Waals surface area contributed by atoms with Crippen molar-refractivity contribution in [2.45, 2.75) is 13.3 Å². The summed E-state index contributed by atoms with van der Waals surface area (Å²) >= 11 is 7.19. The second-order valence-electron chi connectivity index (χ2n) is 2.19. The van der Waals surface area contributed by atoms with E-state index in [0.29, 0.717) is 0 Å². The number of aryl methyl sites for hydroxylation is 1. The smallest absolute Gasteiger partial charge is 0.0400 e. The van der Waals surface area contributed by atoms with E-state index in [0.717, 1.165) is 6.42 Å². The first kappa shape index (κ1) is 10.5. The Morgan fingerprint density at radius 2 is 1.73 bits per heavy atom. The normalized spacial score (nSPS) is 10.2. The molecule has 1 aromatic carbocycles. The fraction of sp³-hybridized carbons (Fsp3) is 0.250. The summed E-state index contributed by atoms with van der Waals surface area (Å²) in [5, 5.41) is 0. The Morgan fingerprint density at radius 3 is 2.27 bits per heavy atom. The summed E-state index contributed by atoms with van der Waals surface area (Å²) in [7, 11) is 0. The van der Waals surface area contributed by atoms with Gasteiger partial charge >= 0.3 is 0 Å². The minimum atomic E-state index is 1.13. The van der Waals surface area contributed by atoms with Gasteiger partial charge in [-0.2, -0.15) is 0 Å². The number of rotatable bonds is 1. The van der Waals surface area contributed by atoms with Crippen molar-refractivity contribution in [3.63, 3.8) is 0 Å². The van der Waals surface area contributed by atoms with Crippen molar-refractivity contribution in [1.82, 2.24) is 0 Å². The molecule has 3 heteroatoms. The first-order valence-corrected chi connectivity index (χ1v) is 6.52. The van der Waals surface area contributed by atoms with Crippen LogP contribution in [0.3, 0.4) is 0 Å². The van der Waals surface area contributed by atoms with E-state index in [9.17, 15) is 0 Å². The van der Waals surface area contributed by atoms with Gasteiger partial charge in [0.25, 0.3) is 0 Å². The van der Waals surface area contributed by atoms with E-state index < -0.39 is 0 Å². The van der Waals surface area contributed by atoms with Crippen LogP contribution < -0.4 is 0 Å². The molecule has 0 atom stereocenters. The maximum Gasteiger partial charge on any atom is 0.0400 e. The highest BCUT2D eigenvalue weighted by Crippen LogP contribution is 2.24. The predicted molar refractivity (Wildman–Crippen MR) is 74.0 cm³/mol. The van der Waals surface area contributed by atoms with Crippen molar-refractivity contribution in [2.75, 3.05) is 0 Å². The summed E-state index contributed by atoms with van der Waals surface area (Å²) in [6.45, 7) is 2.19. The molecular weight excluding hydrogens is 477 g/mol. The van der Waals surface area contributed by atoms with Crippen LogP contribution in [-0.2, 0) is 6.42 Å². The van der Waals surface area contributed by atoms with E-state index in [2.05, 4.69) is 86.8 Å². The predicted octanol–water partition coefficient (Wildman–Crippen LogP) is 4.06. The maximum atomic E-state index is 2.42. The Balaban J connectivity index is 3.25. The molecule has 0 N–H and O–H groups in total. The van der Waals surface area contributed by atoms with Crippen LogP contribution in [0.25, 0.3) is 0 Å². The van der Waals surface area contributed by atoms with Crippen LogP contribution in [0.1, 0.15) is 12.5 Å². The van der Waals surface area contributed by atoms with E-state index >= 15 is 0 Å². The summed E-state index contributed by atoms with van der Waals surface area (Å²) < 4.78 is 4.16. The van der Waals surface area contributed by atoms with E-state index in [1.807, 2.05) is 0 Å². The second kappa shape index (κ2) is 4.59. The second-order valence-corrected chi connectivity index (χ2v) is 5.51. The molecule has 0 spiro atoms. The molecule has 0 heterocycles. The molecule has 0 aliphatic heterocycles. The third kappa shape index (κ3) is 2.43. The Bertz CT molecular complexity index is 268. The molecule has 60 valence electrons. The molecule has 0 nitrogen and oxygen atoms in total. The molecule has 0 unspecified atom stereocenters. The summed E-state index contributed by atoms with van der Waals surface area (Å²) in [6, 6.07) is 4.40. The average Bonchev–Trinajstić information content (AvgIpc) is 2.01. The van der Waals surface area contributed by atoms with Crippen LogP contribution in [0.4, 0.5) is 0 Å². The summed E-state index contributed by atoms with van der Waals surface area (Å²) in [4.78, 5) is 0. The highest BCUT2D eigenvalue weighted by Gasteiger charge is 2.04. The minimum Gasteiger partial charge on any atom is -0.0613 e. The molecule has 0 radical (unpaired) electrons. The molecule has 0 bridgehead atoms. The Kier molecular flexibility index (Phi) is 4.38. The van der Waals surface area contributed by atoms with Crippen molar-refractivity contribution in [2.24, 2.45) is 0 Å². The summed E-state index contributed by atoms with van der Waals surface area (Å²) in [6.07, 6.45) is 1.13. The standard InChI is InChI=1S/C8H7I3/c1-2-5-3-4-6(9)8(11)7(5)10/h3-4H,2H2,1H3. The topological polar surface area (TPSA) is 0 Å².